The Balaban J connectivity index is 2.31. The maximum absolute atomic E-state index is 5.83. The van der Waals surface area contributed by atoms with Gasteiger partial charge in [0.2, 0.25) is 0 Å². The number of rotatable bonds is 6. The molecule has 0 bridgehead atoms. The number of aryl methyl sites for hydroxylation is 1. The molecule has 0 amide bonds. The third kappa shape index (κ3) is 4.47. The van der Waals surface area contributed by atoms with Gasteiger partial charge >= 0.3 is 0 Å². The fourth-order valence-corrected chi connectivity index (χ4v) is 1.90. The smallest absolute Gasteiger partial charge is 0.142 e. The van der Waals surface area contributed by atoms with Gasteiger partial charge in [-0.15, -0.1) is 0 Å². The first-order chi connectivity index (χ1) is 7.24. The Bertz CT molecular complexity index is 302. The van der Waals surface area contributed by atoms with Gasteiger partial charge in [-0.3, -0.25) is 0 Å². The van der Waals surface area contributed by atoms with Crippen LogP contribution in [0.2, 0.25) is 0 Å². The highest BCUT2D eigenvalue weighted by atomic mass is 32.2. The van der Waals surface area contributed by atoms with Crippen LogP contribution < -0.4 is 10.5 Å². The van der Waals surface area contributed by atoms with Crippen molar-refractivity contribution in [3.8, 4) is 5.75 Å². The zero-order chi connectivity index (χ0) is 11.1. The molecule has 0 spiro atoms. The van der Waals surface area contributed by atoms with Crippen molar-refractivity contribution in [3.63, 3.8) is 0 Å². The summed E-state index contributed by atoms with van der Waals surface area (Å²) in [7, 11) is 0. The van der Waals surface area contributed by atoms with Crippen molar-refractivity contribution in [2.45, 2.75) is 20.3 Å². The number of nitrogen functional groups attached to an aromatic ring is 1. The van der Waals surface area contributed by atoms with Gasteiger partial charge in [0, 0.05) is 0 Å². The molecule has 0 radical (unpaired) electrons. The SMILES string of the molecule is CCSCCCOc1ccc(C)cc1N. The van der Waals surface area contributed by atoms with E-state index in [2.05, 4.69) is 6.92 Å². The van der Waals surface area contributed by atoms with E-state index in [1.807, 2.05) is 36.9 Å². The van der Waals surface area contributed by atoms with Crippen molar-refractivity contribution in [2.24, 2.45) is 0 Å². The second-order valence-corrected chi connectivity index (χ2v) is 4.83. The molecule has 0 heterocycles. The van der Waals surface area contributed by atoms with Crippen LogP contribution in [-0.4, -0.2) is 18.1 Å². The second kappa shape index (κ2) is 6.62. The summed E-state index contributed by atoms with van der Waals surface area (Å²) >= 11 is 1.94. The Labute approximate surface area is 96.2 Å². The molecular weight excluding hydrogens is 206 g/mol. The average molecular weight is 225 g/mol. The Morgan fingerprint density at radius 1 is 1.40 bits per heavy atom. The topological polar surface area (TPSA) is 35.2 Å². The molecule has 3 heteroatoms. The molecule has 0 unspecified atom stereocenters. The quantitative estimate of drug-likeness (QED) is 0.597. The second-order valence-electron chi connectivity index (χ2n) is 3.44. The number of anilines is 1. The number of nitrogens with two attached hydrogens (primary N) is 1. The molecule has 1 rings (SSSR count). The van der Waals surface area contributed by atoms with Gasteiger partial charge in [0.25, 0.3) is 0 Å². The van der Waals surface area contributed by atoms with E-state index in [1.165, 1.54) is 11.3 Å². The van der Waals surface area contributed by atoms with Crippen LogP contribution in [0.3, 0.4) is 0 Å². The third-order valence-electron chi connectivity index (χ3n) is 2.06. The van der Waals surface area contributed by atoms with Gasteiger partial charge in [-0.1, -0.05) is 13.0 Å². The van der Waals surface area contributed by atoms with Crippen LogP contribution in [-0.2, 0) is 0 Å². The fraction of sp³-hybridized carbons (Fsp3) is 0.500. The van der Waals surface area contributed by atoms with Gasteiger partial charge in [0.1, 0.15) is 5.75 Å². The van der Waals surface area contributed by atoms with E-state index in [-0.39, 0.29) is 0 Å². The number of hydrogen-bond acceptors (Lipinski definition) is 3. The Morgan fingerprint density at radius 3 is 2.87 bits per heavy atom. The maximum atomic E-state index is 5.83. The Morgan fingerprint density at radius 2 is 2.20 bits per heavy atom. The molecule has 0 aliphatic heterocycles. The first-order valence-corrected chi connectivity index (χ1v) is 6.46. The van der Waals surface area contributed by atoms with E-state index in [4.69, 9.17) is 10.5 Å². The van der Waals surface area contributed by atoms with E-state index >= 15 is 0 Å². The van der Waals surface area contributed by atoms with E-state index in [1.54, 1.807) is 0 Å². The fourth-order valence-electron chi connectivity index (χ4n) is 1.29. The molecule has 0 atom stereocenters. The van der Waals surface area contributed by atoms with Gasteiger partial charge in [0.05, 0.1) is 12.3 Å². The van der Waals surface area contributed by atoms with Crippen LogP contribution in [0, 0.1) is 6.92 Å². The van der Waals surface area contributed by atoms with Crippen LogP contribution in [0.4, 0.5) is 5.69 Å². The van der Waals surface area contributed by atoms with E-state index in [0.717, 1.165) is 30.2 Å². The summed E-state index contributed by atoms with van der Waals surface area (Å²) in [6.45, 7) is 4.95. The summed E-state index contributed by atoms with van der Waals surface area (Å²) in [5.74, 6) is 3.14. The lowest BCUT2D eigenvalue weighted by Crippen LogP contribution is -2.01. The predicted molar refractivity (Wildman–Crippen MR) is 68.7 cm³/mol. The third-order valence-corrected chi connectivity index (χ3v) is 3.05. The van der Waals surface area contributed by atoms with E-state index in [9.17, 15) is 0 Å². The van der Waals surface area contributed by atoms with E-state index in [0.29, 0.717) is 0 Å². The van der Waals surface area contributed by atoms with Gasteiger partial charge in [-0.25, -0.2) is 0 Å². The van der Waals surface area contributed by atoms with Crippen LogP contribution in [0.15, 0.2) is 18.2 Å². The van der Waals surface area contributed by atoms with Gasteiger partial charge in [-0.2, -0.15) is 11.8 Å². The minimum absolute atomic E-state index is 0.734. The molecule has 1 aromatic carbocycles. The monoisotopic (exact) mass is 225 g/mol. The lowest BCUT2D eigenvalue weighted by Gasteiger charge is -2.08. The molecule has 2 nitrogen and oxygen atoms in total. The highest BCUT2D eigenvalue weighted by Crippen LogP contribution is 2.22. The number of benzene rings is 1. The number of hydrogen-bond donors (Lipinski definition) is 1. The molecular formula is C12H19NOS. The summed E-state index contributed by atoms with van der Waals surface area (Å²) in [4.78, 5) is 0. The lowest BCUT2D eigenvalue weighted by atomic mass is 10.2. The average Bonchev–Trinajstić information content (AvgIpc) is 2.20. The van der Waals surface area contributed by atoms with Crippen LogP contribution in [0.1, 0.15) is 18.9 Å². The largest absolute Gasteiger partial charge is 0.491 e. The molecule has 0 fully saturated rings. The van der Waals surface area contributed by atoms with Crippen LogP contribution in [0.25, 0.3) is 0 Å². The molecule has 1 aromatic rings. The Kier molecular flexibility index (Phi) is 5.40. The summed E-state index contributed by atoms with van der Waals surface area (Å²) in [5.41, 5.74) is 7.73. The van der Waals surface area contributed by atoms with Crippen molar-refractivity contribution in [1.82, 2.24) is 0 Å². The first-order valence-electron chi connectivity index (χ1n) is 5.30. The van der Waals surface area contributed by atoms with E-state index < -0.39 is 0 Å². The molecule has 0 saturated carbocycles. The number of thioether (sulfide) groups is 1. The minimum atomic E-state index is 0.734. The van der Waals surface area contributed by atoms with Crippen molar-refractivity contribution >= 4 is 17.4 Å². The molecule has 15 heavy (non-hydrogen) atoms. The standard InChI is InChI=1S/C12H19NOS/c1-3-15-8-4-7-14-12-6-5-10(2)9-11(12)13/h5-6,9H,3-4,7-8,13H2,1-2H3. The maximum Gasteiger partial charge on any atom is 0.142 e. The van der Waals surface area contributed by atoms with Crippen molar-refractivity contribution < 1.29 is 4.74 Å². The summed E-state index contributed by atoms with van der Waals surface area (Å²) in [6, 6.07) is 5.90. The molecule has 0 aliphatic carbocycles. The zero-order valence-corrected chi connectivity index (χ0v) is 10.3. The minimum Gasteiger partial charge on any atom is -0.491 e. The summed E-state index contributed by atoms with van der Waals surface area (Å²) in [6.07, 6.45) is 1.08. The highest BCUT2D eigenvalue weighted by molar-refractivity contribution is 7.99. The Hall–Kier alpha value is -0.830. The van der Waals surface area contributed by atoms with Gasteiger partial charge in [-0.05, 0) is 42.5 Å². The van der Waals surface area contributed by atoms with Gasteiger partial charge < -0.3 is 10.5 Å². The highest BCUT2D eigenvalue weighted by Gasteiger charge is 1.99. The predicted octanol–water partition coefficient (Wildman–Crippen LogP) is 3.10. The number of ether oxygens (including phenoxy) is 1. The summed E-state index contributed by atoms with van der Waals surface area (Å²) in [5, 5.41) is 0. The lowest BCUT2D eigenvalue weighted by molar-refractivity contribution is 0.320. The van der Waals surface area contributed by atoms with Crippen molar-refractivity contribution in [2.75, 3.05) is 23.8 Å². The molecule has 0 aliphatic rings. The van der Waals surface area contributed by atoms with Crippen molar-refractivity contribution in [1.29, 1.82) is 0 Å². The van der Waals surface area contributed by atoms with Crippen LogP contribution >= 0.6 is 11.8 Å². The summed E-state index contributed by atoms with van der Waals surface area (Å²) < 4.78 is 5.60. The molecule has 0 aromatic heterocycles. The molecule has 0 saturated heterocycles. The first kappa shape index (κ1) is 12.2. The van der Waals surface area contributed by atoms with Crippen molar-refractivity contribution in [3.05, 3.63) is 23.8 Å². The molecule has 2 N–H and O–H groups in total. The van der Waals surface area contributed by atoms with Gasteiger partial charge in [0.15, 0.2) is 0 Å². The zero-order valence-electron chi connectivity index (χ0n) is 9.45. The normalized spacial score (nSPS) is 10.3. The van der Waals surface area contributed by atoms with Crippen LogP contribution in [0.5, 0.6) is 5.75 Å². The molecule has 84 valence electrons.